The molecule has 7 nitrogen and oxygen atoms in total. The van der Waals surface area contributed by atoms with E-state index in [0.29, 0.717) is 22.4 Å². The van der Waals surface area contributed by atoms with Gasteiger partial charge in [-0.15, -0.1) is 5.10 Å². The van der Waals surface area contributed by atoms with Crippen LogP contribution >= 0.6 is 11.8 Å². The zero-order valence-electron chi connectivity index (χ0n) is 11.8. The lowest BCUT2D eigenvalue weighted by atomic mass is 9.98. The molecule has 0 saturated heterocycles. The number of thioether (sulfide) groups is 1. The summed E-state index contributed by atoms with van der Waals surface area (Å²) in [5.41, 5.74) is 2.00. The van der Waals surface area contributed by atoms with Crippen LogP contribution in [0.2, 0.25) is 0 Å². The van der Waals surface area contributed by atoms with Gasteiger partial charge in [-0.25, -0.2) is 9.48 Å². The average molecular weight is 306 g/mol. The Balaban J connectivity index is 2.17. The predicted octanol–water partition coefficient (Wildman–Crippen LogP) is 2.05. The van der Waals surface area contributed by atoms with Gasteiger partial charge in [-0.2, -0.15) is 4.98 Å². The van der Waals surface area contributed by atoms with Crippen LogP contribution < -0.4 is 5.32 Å². The Morgan fingerprint density at radius 1 is 1.57 bits per heavy atom. The molecule has 3 heterocycles. The summed E-state index contributed by atoms with van der Waals surface area (Å²) in [4.78, 5) is 16.5. The minimum absolute atomic E-state index is 0.405. The zero-order chi connectivity index (χ0) is 15.0. The minimum atomic E-state index is -0.416. The molecule has 0 fully saturated rings. The van der Waals surface area contributed by atoms with Gasteiger partial charge in [-0.05, 0) is 19.2 Å². The molecular weight excluding hydrogens is 292 g/mol. The lowest BCUT2D eigenvalue weighted by Crippen LogP contribution is -2.29. The van der Waals surface area contributed by atoms with E-state index < -0.39 is 12.0 Å². The van der Waals surface area contributed by atoms with Crippen molar-refractivity contribution in [2.75, 3.05) is 18.7 Å². The highest BCUT2D eigenvalue weighted by atomic mass is 32.2. The zero-order valence-corrected chi connectivity index (χ0v) is 12.6. The highest BCUT2D eigenvalue weighted by Gasteiger charge is 2.35. The molecule has 1 N–H and O–H groups in total. The molecule has 0 aromatic carbocycles. The Morgan fingerprint density at radius 2 is 2.38 bits per heavy atom. The Bertz CT molecular complexity index is 705. The maximum atomic E-state index is 12.2. The van der Waals surface area contributed by atoms with E-state index in [2.05, 4.69) is 15.4 Å². The first-order valence-electron chi connectivity index (χ1n) is 6.24. The van der Waals surface area contributed by atoms with E-state index in [4.69, 9.17) is 9.15 Å². The van der Waals surface area contributed by atoms with Gasteiger partial charge in [0.25, 0.3) is 0 Å². The first-order chi connectivity index (χ1) is 10.2. The number of rotatable bonds is 3. The van der Waals surface area contributed by atoms with Crippen LogP contribution in [0.3, 0.4) is 0 Å². The van der Waals surface area contributed by atoms with E-state index in [1.807, 2.05) is 13.2 Å². The van der Waals surface area contributed by atoms with Crippen molar-refractivity contribution < 1.29 is 13.9 Å². The van der Waals surface area contributed by atoms with E-state index in [1.54, 1.807) is 23.3 Å². The Kier molecular flexibility index (Phi) is 3.46. The smallest absolute Gasteiger partial charge is 0.338 e. The molecule has 1 aliphatic heterocycles. The topological polar surface area (TPSA) is 82.2 Å². The van der Waals surface area contributed by atoms with E-state index in [0.717, 1.165) is 5.56 Å². The van der Waals surface area contributed by atoms with Gasteiger partial charge in [-0.1, -0.05) is 11.8 Å². The number of ether oxygens (including phenoxy) is 1. The maximum absolute atomic E-state index is 12.2. The number of anilines is 1. The number of nitrogens with one attached hydrogen (secondary N) is 1. The third-order valence-corrected chi connectivity index (χ3v) is 3.82. The van der Waals surface area contributed by atoms with Crippen LogP contribution in [0.15, 0.2) is 39.4 Å². The lowest BCUT2D eigenvalue weighted by Gasteiger charge is -2.26. The predicted molar refractivity (Wildman–Crippen MR) is 77.0 cm³/mol. The molecule has 110 valence electrons. The number of hydrogen-bond donors (Lipinski definition) is 1. The fourth-order valence-corrected chi connectivity index (χ4v) is 2.68. The van der Waals surface area contributed by atoms with E-state index in [1.165, 1.54) is 18.9 Å². The van der Waals surface area contributed by atoms with Crippen LogP contribution in [0.1, 0.15) is 18.5 Å². The largest absolute Gasteiger partial charge is 0.472 e. The summed E-state index contributed by atoms with van der Waals surface area (Å²) < 4.78 is 11.7. The number of allylic oxidation sites excluding steroid dienone is 1. The molecular formula is C13H14N4O3S. The van der Waals surface area contributed by atoms with Crippen molar-refractivity contribution >= 4 is 23.7 Å². The van der Waals surface area contributed by atoms with Gasteiger partial charge in [-0.3, -0.25) is 0 Å². The maximum Gasteiger partial charge on any atom is 0.338 e. The van der Waals surface area contributed by atoms with Gasteiger partial charge in [0.05, 0.1) is 25.2 Å². The number of aromatic nitrogens is 3. The molecule has 0 saturated carbocycles. The number of methoxy groups -OCH3 is 1. The van der Waals surface area contributed by atoms with Crippen molar-refractivity contribution in [3.8, 4) is 0 Å². The Labute approximate surface area is 125 Å². The Hall–Kier alpha value is -2.22. The third-order valence-electron chi connectivity index (χ3n) is 3.28. The third kappa shape index (κ3) is 2.21. The summed E-state index contributed by atoms with van der Waals surface area (Å²) in [6, 6.07) is 1.39. The van der Waals surface area contributed by atoms with Crippen molar-refractivity contribution in [1.29, 1.82) is 0 Å². The van der Waals surface area contributed by atoms with Crippen LogP contribution in [-0.4, -0.2) is 34.1 Å². The fraction of sp³-hybridized carbons (Fsp3) is 0.308. The highest BCUT2D eigenvalue weighted by molar-refractivity contribution is 7.98. The molecule has 0 bridgehead atoms. The van der Waals surface area contributed by atoms with Crippen LogP contribution in [0.25, 0.3) is 0 Å². The number of esters is 1. The molecule has 21 heavy (non-hydrogen) atoms. The van der Waals surface area contributed by atoms with Crippen LogP contribution in [0.4, 0.5) is 5.95 Å². The van der Waals surface area contributed by atoms with E-state index >= 15 is 0 Å². The summed E-state index contributed by atoms with van der Waals surface area (Å²) in [6.07, 6.45) is 5.06. The number of hydrogen-bond acceptors (Lipinski definition) is 7. The Morgan fingerprint density at radius 3 is 3.00 bits per heavy atom. The molecule has 0 unspecified atom stereocenters. The number of furan rings is 1. The molecule has 2 aromatic rings. The monoisotopic (exact) mass is 306 g/mol. The summed E-state index contributed by atoms with van der Waals surface area (Å²) in [7, 11) is 1.36. The summed E-state index contributed by atoms with van der Waals surface area (Å²) in [5.74, 6) is 0.189. The number of fused-ring (bicyclic) bond motifs is 1. The van der Waals surface area contributed by atoms with E-state index in [-0.39, 0.29) is 0 Å². The van der Waals surface area contributed by atoms with Gasteiger partial charge < -0.3 is 14.5 Å². The van der Waals surface area contributed by atoms with Crippen LogP contribution in [0, 0.1) is 0 Å². The van der Waals surface area contributed by atoms with Crippen molar-refractivity contribution in [2.45, 2.75) is 18.1 Å². The molecule has 0 amide bonds. The summed E-state index contributed by atoms with van der Waals surface area (Å²) in [5, 5.41) is 8.16. The SMILES string of the molecule is COC(=O)C1=C(C)Nc2nc(SC)nn2[C@H]1c1ccoc1. The second-order valence-corrected chi connectivity index (χ2v) is 5.25. The molecule has 1 aliphatic rings. The first-order valence-corrected chi connectivity index (χ1v) is 7.47. The van der Waals surface area contributed by atoms with Crippen molar-refractivity contribution in [2.24, 2.45) is 0 Å². The van der Waals surface area contributed by atoms with Crippen molar-refractivity contribution in [3.63, 3.8) is 0 Å². The van der Waals surface area contributed by atoms with Crippen LogP contribution in [0.5, 0.6) is 0 Å². The standard InChI is InChI=1S/C13H14N4O3S/c1-7-9(11(18)19-2)10(8-4-5-20-6-8)17-12(14-7)15-13(16-17)21-3/h4-6,10H,1-3H3,(H,14,15,16)/t10-/m0/s1. The quantitative estimate of drug-likeness (QED) is 0.686. The number of nitrogens with zero attached hydrogens (tertiary/aromatic N) is 3. The fourth-order valence-electron chi connectivity index (χ4n) is 2.33. The normalized spacial score (nSPS) is 17.4. The van der Waals surface area contributed by atoms with Gasteiger partial charge in [0, 0.05) is 11.3 Å². The van der Waals surface area contributed by atoms with Gasteiger partial charge in [0.1, 0.15) is 6.04 Å². The first kappa shape index (κ1) is 13.7. The van der Waals surface area contributed by atoms with E-state index in [9.17, 15) is 4.79 Å². The second kappa shape index (κ2) is 5.28. The van der Waals surface area contributed by atoms with Gasteiger partial charge >= 0.3 is 5.97 Å². The number of carbonyl (C=O) groups excluding carboxylic acids is 1. The highest BCUT2D eigenvalue weighted by Crippen LogP contribution is 2.36. The number of carbonyl (C=O) groups is 1. The van der Waals surface area contributed by atoms with Gasteiger partial charge in [0.15, 0.2) is 0 Å². The summed E-state index contributed by atoms with van der Waals surface area (Å²) in [6.45, 7) is 1.82. The van der Waals surface area contributed by atoms with Crippen molar-refractivity contribution in [3.05, 3.63) is 35.4 Å². The molecule has 8 heteroatoms. The lowest BCUT2D eigenvalue weighted by molar-refractivity contribution is -0.136. The molecule has 0 aliphatic carbocycles. The second-order valence-electron chi connectivity index (χ2n) is 4.48. The molecule has 1 atom stereocenters. The van der Waals surface area contributed by atoms with Crippen LogP contribution in [-0.2, 0) is 9.53 Å². The van der Waals surface area contributed by atoms with Gasteiger partial charge in [0.2, 0.25) is 11.1 Å². The molecule has 0 spiro atoms. The minimum Gasteiger partial charge on any atom is -0.472 e. The molecule has 0 radical (unpaired) electrons. The summed E-state index contributed by atoms with van der Waals surface area (Å²) >= 11 is 1.44. The molecule has 2 aromatic heterocycles. The van der Waals surface area contributed by atoms with Crippen molar-refractivity contribution in [1.82, 2.24) is 14.8 Å². The average Bonchev–Trinajstić information content (AvgIpc) is 3.13. The molecule has 3 rings (SSSR count).